The quantitative estimate of drug-likeness (QED) is 0.372. The predicted molar refractivity (Wildman–Crippen MR) is 104 cm³/mol. The Bertz CT molecular complexity index is 701. The van der Waals surface area contributed by atoms with E-state index < -0.39 is 5.82 Å². The Balaban J connectivity index is 0.00000225. The lowest BCUT2D eigenvalue weighted by molar-refractivity contribution is 0.298. The van der Waals surface area contributed by atoms with Crippen molar-refractivity contribution in [2.75, 3.05) is 20.1 Å². The predicted octanol–water partition coefficient (Wildman–Crippen LogP) is 2.22. The number of likely N-dealkylation sites (tertiary alicyclic amines) is 1. The lowest BCUT2D eigenvalue weighted by atomic mass is 9.96. The molecule has 0 bridgehead atoms. The molecule has 1 aromatic heterocycles. The van der Waals surface area contributed by atoms with Crippen LogP contribution in [0.25, 0.3) is 0 Å². The van der Waals surface area contributed by atoms with E-state index in [-0.39, 0.29) is 29.7 Å². The molecule has 1 aliphatic heterocycles. The topological polar surface area (TPSA) is 89.4 Å². The maximum Gasteiger partial charge on any atom is 0.193 e. The van der Waals surface area contributed by atoms with E-state index in [1.54, 1.807) is 19.4 Å². The Labute approximate surface area is 162 Å². The van der Waals surface area contributed by atoms with Crippen molar-refractivity contribution in [2.24, 2.45) is 4.99 Å². The molecule has 1 saturated heterocycles. The fraction of sp³-hybridized carbons (Fsp3) is 0.438. The standard InChI is InChI=1S/C16H21FN6O.HI/c1-18-16(19-9-11-2-3-14(24)13(17)8-11)23-6-4-12(5-7-23)15-20-10-21-22-15;/h2-3,8,10,12,24H,4-7,9H2,1H3,(H,18,19)(H,20,21,22);1H. The maximum atomic E-state index is 13.4. The van der Waals surface area contributed by atoms with Gasteiger partial charge in [-0.25, -0.2) is 9.37 Å². The van der Waals surface area contributed by atoms with Crippen LogP contribution in [0.4, 0.5) is 4.39 Å². The molecular formula is C16H22FIN6O. The number of rotatable bonds is 3. The average Bonchev–Trinajstić information content (AvgIpc) is 3.14. The number of benzene rings is 1. The molecule has 9 heteroatoms. The number of phenols is 1. The number of hydrogen-bond donors (Lipinski definition) is 3. The lowest BCUT2D eigenvalue weighted by Crippen LogP contribution is -2.45. The number of phenolic OH excluding ortho intramolecular Hbond substituents is 1. The number of aliphatic imine (C=N–C) groups is 1. The zero-order valence-electron chi connectivity index (χ0n) is 13.9. The minimum atomic E-state index is -0.614. The number of piperidine rings is 1. The smallest absolute Gasteiger partial charge is 0.193 e. The minimum absolute atomic E-state index is 0. The third-order valence-electron chi connectivity index (χ3n) is 4.29. The molecule has 1 aliphatic rings. The highest BCUT2D eigenvalue weighted by Gasteiger charge is 2.24. The van der Waals surface area contributed by atoms with Gasteiger partial charge < -0.3 is 15.3 Å². The van der Waals surface area contributed by atoms with Crippen LogP contribution < -0.4 is 5.32 Å². The summed E-state index contributed by atoms with van der Waals surface area (Å²) < 4.78 is 13.4. The average molecular weight is 460 g/mol. The molecule has 2 aromatic rings. The van der Waals surface area contributed by atoms with E-state index in [1.165, 1.54) is 12.1 Å². The van der Waals surface area contributed by atoms with E-state index in [4.69, 9.17) is 0 Å². The number of hydrogen-bond acceptors (Lipinski definition) is 4. The van der Waals surface area contributed by atoms with Crippen LogP contribution >= 0.6 is 24.0 Å². The number of aromatic nitrogens is 3. The number of aromatic hydroxyl groups is 1. The van der Waals surface area contributed by atoms with Crippen molar-refractivity contribution in [1.29, 1.82) is 0 Å². The van der Waals surface area contributed by atoms with Gasteiger partial charge in [0.05, 0.1) is 0 Å². The number of guanidine groups is 1. The van der Waals surface area contributed by atoms with Crippen LogP contribution in [0.2, 0.25) is 0 Å². The van der Waals surface area contributed by atoms with Gasteiger partial charge in [0.15, 0.2) is 17.5 Å². The van der Waals surface area contributed by atoms with Gasteiger partial charge in [-0.3, -0.25) is 10.1 Å². The summed E-state index contributed by atoms with van der Waals surface area (Å²) in [6.45, 7) is 2.19. The molecule has 7 nitrogen and oxygen atoms in total. The molecule has 0 atom stereocenters. The number of nitrogens with one attached hydrogen (secondary N) is 2. The monoisotopic (exact) mass is 460 g/mol. The van der Waals surface area contributed by atoms with Gasteiger partial charge in [0.25, 0.3) is 0 Å². The van der Waals surface area contributed by atoms with Crippen LogP contribution in [0.3, 0.4) is 0 Å². The van der Waals surface area contributed by atoms with Crippen molar-refractivity contribution in [1.82, 2.24) is 25.4 Å². The minimum Gasteiger partial charge on any atom is -0.505 e. The van der Waals surface area contributed by atoms with Crippen molar-refractivity contribution in [2.45, 2.75) is 25.3 Å². The molecule has 0 spiro atoms. The fourth-order valence-corrected chi connectivity index (χ4v) is 2.95. The number of H-pyrrole nitrogens is 1. The van der Waals surface area contributed by atoms with Gasteiger partial charge in [-0.1, -0.05) is 6.07 Å². The molecule has 0 saturated carbocycles. The van der Waals surface area contributed by atoms with Gasteiger partial charge >= 0.3 is 0 Å². The Kier molecular flexibility index (Phi) is 6.97. The first-order valence-corrected chi connectivity index (χ1v) is 7.95. The normalized spacial score (nSPS) is 15.8. The van der Waals surface area contributed by atoms with Gasteiger partial charge in [-0.2, -0.15) is 5.10 Å². The Hall–Kier alpha value is -1.91. The first kappa shape index (κ1) is 19.4. The summed E-state index contributed by atoms with van der Waals surface area (Å²) in [7, 11) is 1.74. The van der Waals surface area contributed by atoms with Crippen molar-refractivity contribution < 1.29 is 9.50 Å². The number of aromatic amines is 1. The highest BCUT2D eigenvalue weighted by atomic mass is 127. The molecule has 3 N–H and O–H groups in total. The molecule has 0 radical (unpaired) electrons. The van der Waals surface area contributed by atoms with Crippen LogP contribution in [0.1, 0.15) is 30.1 Å². The van der Waals surface area contributed by atoms with Crippen molar-refractivity contribution in [3.05, 3.63) is 41.7 Å². The SMILES string of the molecule is CN=C(NCc1ccc(O)c(F)c1)N1CCC(c2ncn[nH]2)CC1.I. The summed E-state index contributed by atoms with van der Waals surface area (Å²) in [4.78, 5) is 10.7. The summed E-state index contributed by atoms with van der Waals surface area (Å²) in [5.74, 6) is 1.18. The largest absolute Gasteiger partial charge is 0.505 e. The first-order chi connectivity index (χ1) is 11.7. The molecule has 1 aromatic carbocycles. The van der Waals surface area contributed by atoms with Crippen LogP contribution in [0.15, 0.2) is 29.5 Å². The Morgan fingerprint density at radius 3 is 2.80 bits per heavy atom. The van der Waals surface area contributed by atoms with Crippen LogP contribution in [0.5, 0.6) is 5.75 Å². The second kappa shape index (κ2) is 8.97. The van der Waals surface area contributed by atoms with Crippen LogP contribution in [0, 0.1) is 5.82 Å². The molecule has 136 valence electrons. The molecular weight excluding hydrogens is 438 g/mol. The zero-order valence-corrected chi connectivity index (χ0v) is 16.3. The molecule has 0 unspecified atom stereocenters. The second-order valence-corrected chi connectivity index (χ2v) is 5.82. The highest BCUT2D eigenvalue weighted by Crippen LogP contribution is 2.25. The van der Waals surface area contributed by atoms with E-state index in [1.807, 2.05) is 0 Å². The number of halogens is 2. The number of nitrogens with zero attached hydrogens (tertiary/aromatic N) is 4. The molecule has 0 aliphatic carbocycles. The van der Waals surface area contributed by atoms with Crippen LogP contribution in [-0.2, 0) is 6.54 Å². The van der Waals surface area contributed by atoms with Crippen molar-refractivity contribution >= 4 is 29.9 Å². The van der Waals surface area contributed by atoms with E-state index in [2.05, 4.69) is 30.4 Å². The Morgan fingerprint density at radius 1 is 1.44 bits per heavy atom. The summed E-state index contributed by atoms with van der Waals surface area (Å²) in [5, 5.41) is 19.3. The second-order valence-electron chi connectivity index (χ2n) is 5.82. The molecule has 2 heterocycles. The highest BCUT2D eigenvalue weighted by molar-refractivity contribution is 14.0. The molecule has 25 heavy (non-hydrogen) atoms. The van der Waals surface area contributed by atoms with Gasteiger partial charge in [0.1, 0.15) is 12.2 Å². The van der Waals surface area contributed by atoms with Crippen molar-refractivity contribution in [3.63, 3.8) is 0 Å². The fourth-order valence-electron chi connectivity index (χ4n) is 2.95. The summed E-state index contributed by atoms with van der Waals surface area (Å²) in [6.07, 6.45) is 3.49. The third kappa shape index (κ3) is 4.80. The Morgan fingerprint density at radius 2 is 2.20 bits per heavy atom. The van der Waals surface area contributed by atoms with E-state index in [0.717, 1.165) is 43.3 Å². The lowest BCUT2D eigenvalue weighted by Gasteiger charge is -2.33. The van der Waals surface area contributed by atoms with Gasteiger partial charge in [-0.05, 0) is 30.5 Å². The third-order valence-corrected chi connectivity index (χ3v) is 4.29. The molecule has 3 rings (SSSR count). The van der Waals surface area contributed by atoms with Crippen molar-refractivity contribution in [3.8, 4) is 5.75 Å². The first-order valence-electron chi connectivity index (χ1n) is 7.95. The molecule has 0 amide bonds. The maximum absolute atomic E-state index is 13.4. The summed E-state index contributed by atoms with van der Waals surface area (Å²) in [5.41, 5.74) is 0.753. The van der Waals surface area contributed by atoms with Gasteiger partial charge in [0.2, 0.25) is 0 Å². The zero-order chi connectivity index (χ0) is 16.9. The van der Waals surface area contributed by atoms with Gasteiger partial charge in [-0.15, -0.1) is 24.0 Å². The molecule has 1 fully saturated rings. The summed E-state index contributed by atoms with van der Waals surface area (Å²) >= 11 is 0. The summed E-state index contributed by atoms with van der Waals surface area (Å²) in [6, 6.07) is 4.37. The van der Waals surface area contributed by atoms with Crippen LogP contribution in [-0.4, -0.2) is 51.3 Å². The van der Waals surface area contributed by atoms with E-state index >= 15 is 0 Å². The van der Waals surface area contributed by atoms with E-state index in [0.29, 0.717) is 12.5 Å². The van der Waals surface area contributed by atoms with E-state index in [9.17, 15) is 9.50 Å². The van der Waals surface area contributed by atoms with Gasteiger partial charge in [0, 0.05) is 32.6 Å².